The lowest BCUT2D eigenvalue weighted by Gasteiger charge is -2.23. The molecule has 1 aliphatic heterocycles. The molecule has 3 heterocycles. The van der Waals surface area contributed by atoms with Gasteiger partial charge in [-0.25, -0.2) is 4.98 Å². The van der Waals surface area contributed by atoms with Crippen LogP contribution in [0.5, 0.6) is 0 Å². The Morgan fingerprint density at radius 3 is 2.68 bits per heavy atom. The minimum Gasteiger partial charge on any atom is -0.459 e. The highest BCUT2D eigenvalue weighted by Gasteiger charge is 2.20. The number of likely N-dealkylation sites (N-methyl/N-ethyl adjacent to an activating group) is 1. The number of fused-ring (bicyclic) bond motifs is 1. The van der Waals surface area contributed by atoms with Crippen LogP contribution >= 0.6 is 0 Å². The number of benzene rings is 1. The highest BCUT2D eigenvalue weighted by atomic mass is 32.2. The summed E-state index contributed by atoms with van der Waals surface area (Å²) in [5, 5.41) is 1.04. The molecule has 0 spiro atoms. The number of anilines is 1. The number of amides is 1. The predicted molar refractivity (Wildman–Crippen MR) is 130 cm³/mol. The largest absolute Gasteiger partial charge is 0.459 e. The molecule has 4 rings (SSSR count). The van der Waals surface area contributed by atoms with Crippen LogP contribution < -0.4 is 9.44 Å². The van der Waals surface area contributed by atoms with Crippen molar-refractivity contribution in [3.05, 3.63) is 65.6 Å². The van der Waals surface area contributed by atoms with E-state index in [0.29, 0.717) is 38.2 Å². The molecule has 0 atom stereocenters. The van der Waals surface area contributed by atoms with Gasteiger partial charge < -0.3 is 14.1 Å². The van der Waals surface area contributed by atoms with E-state index < -0.39 is 10.2 Å². The topological polar surface area (TPSA) is 114 Å². The van der Waals surface area contributed by atoms with Gasteiger partial charge in [-0.1, -0.05) is 18.2 Å². The molecular formula is C24H28N4O5S. The quantitative estimate of drug-likeness (QED) is 0.475. The SMILES string of the molecule is Cc1c(CN(C)C(=O)/C=C/c2ccc(NS(=O)(=O)NC3CCOCC3)nc2)oc2ccccc12. The van der Waals surface area contributed by atoms with Gasteiger partial charge in [-0.05, 0) is 49.6 Å². The molecular weight excluding hydrogens is 456 g/mol. The summed E-state index contributed by atoms with van der Waals surface area (Å²) in [5.74, 6) is 0.754. The fourth-order valence-corrected chi connectivity index (χ4v) is 4.86. The zero-order valence-corrected chi connectivity index (χ0v) is 20.0. The summed E-state index contributed by atoms with van der Waals surface area (Å²) < 4.78 is 40.8. The highest BCUT2D eigenvalue weighted by Crippen LogP contribution is 2.25. The van der Waals surface area contributed by atoms with Gasteiger partial charge in [0, 0.05) is 49.5 Å². The number of aromatic nitrogens is 1. The first-order valence-electron chi connectivity index (χ1n) is 11.0. The third-order valence-electron chi connectivity index (χ3n) is 5.69. The third kappa shape index (κ3) is 6.02. The van der Waals surface area contributed by atoms with E-state index in [1.807, 2.05) is 31.2 Å². The van der Waals surface area contributed by atoms with Gasteiger partial charge in [-0.2, -0.15) is 13.1 Å². The van der Waals surface area contributed by atoms with E-state index in [-0.39, 0.29) is 17.8 Å². The summed E-state index contributed by atoms with van der Waals surface area (Å²) in [7, 11) is -2.02. The van der Waals surface area contributed by atoms with E-state index in [9.17, 15) is 13.2 Å². The van der Waals surface area contributed by atoms with Crippen LogP contribution in [0.1, 0.15) is 29.7 Å². The van der Waals surface area contributed by atoms with E-state index in [4.69, 9.17) is 9.15 Å². The van der Waals surface area contributed by atoms with Crippen LogP contribution in [0.4, 0.5) is 5.82 Å². The van der Waals surface area contributed by atoms with Crippen LogP contribution in [-0.2, 0) is 26.3 Å². The number of para-hydroxylation sites is 1. The summed E-state index contributed by atoms with van der Waals surface area (Å²) in [5.41, 5.74) is 2.49. The Labute approximate surface area is 199 Å². The number of pyridine rings is 1. The summed E-state index contributed by atoms with van der Waals surface area (Å²) in [6, 6.07) is 10.9. The molecule has 1 fully saturated rings. The number of nitrogens with one attached hydrogen (secondary N) is 2. The second-order valence-corrected chi connectivity index (χ2v) is 9.71. The molecule has 2 aromatic heterocycles. The number of carbonyl (C=O) groups excluding carboxylic acids is 1. The molecule has 0 unspecified atom stereocenters. The van der Waals surface area contributed by atoms with E-state index in [2.05, 4.69) is 14.4 Å². The predicted octanol–water partition coefficient (Wildman–Crippen LogP) is 3.23. The van der Waals surface area contributed by atoms with Gasteiger partial charge in [0.1, 0.15) is 17.2 Å². The van der Waals surface area contributed by atoms with Crippen LogP contribution in [0.2, 0.25) is 0 Å². The Morgan fingerprint density at radius 2 is 1.97 bits per heavy atom. The van der Waals surface area contributed by atoms with Crippen molar-refractivity contribution in [3.8, 4) is 0 Å². The number of hydrogen-bond donors (Lipinski definition) is 2. The monoisotopic (exact) mass is 484 g/mol. The molecule has 0 aliphatic carbocycles. The van der Waals surface area contributed by atoms with Crippen molar-refractivity contribution in [2.45, 2.75) is 32.4 Å². The zero-order chi connectivity index (χ0) is 24.1. The van der Waals surface area contributed by atoms with Gasteiger partial charge in [0.15, 0.2) is 0 Å². The van der Waals surface area contributed by atoms with Gasteiger partial charge in [0.05, 0.1) is 6.54 Å². The standard InChI is InChI=1S/C24H28N4O5S/c1-17-20-5-3-4-6-21(20)33-22(17)16-28(2)24(29)10-8-18-7-9-23(25-15-18)27-34(30,31)26-19-11-13-32-14-12-19/h3-10,15,19,26H,11-14,16H2,1-2H3,(H,25,27)/b10-8+. The minimum absolute atomic E-state index is 0.153. The molecule has 34 heavy (non-hydrogen) atoms. The maximum absolute atomic E-state index is 12.6. The lowest BCUT2D eigenvalue weighted by atomic mass is 10.1. The average Bonchev–Trinajstić information content (AvgIpc) is 3.13. The van der Waals surface area contributed by atoms with Gasteiger partial charge in [0.2, 0.25) is 5.91 Å². The number of rotatable bonds is 8. The van der Waals surface area contributed by atoms with Crippen LogP contribution in [0.15, 0.2) is 53.1 Å². The van der Waals surface area contributed by atoms with Crippen LogP contribution in [0.25, 0.3) is 17.0 Å². The zero-order valence-electron chi connectivity index (χ0n) is 19.2. The first-order valence-corrected chi connectivity index (χ1v) is 12.5. The van der Waals surface area contributed by atoms with Crippen molar-refractivity contribution in [3.63, 3.8) is 0 Å². The second kappa shape index (κ2) is 10.4. The summed E-state index contributed by atoms with van der Waals surface area (Å²) in [6.45, 7) is 3.41. The number of nitrogens with zero attached hydrogens (tertiary/aromatic N) is 2. The molecule has 0 radical (unpaired) electrons. The fourth-order valence-electron chi connectivity index (χ4n) is 3.73. The highest BCUT2D eigenvalue weighted by molar-refractivity contribution is 7.90. The Bertz CT molecular complexity index is 1280. The first-order chi connectivity index (χ1) is 16.3. The molecule has 0 saturated carbocycles. The molecule has 1 saturated heterocycles. The van der Waals surface area contributed by atoms with Gasteiger partial charge >= 0.3 is 10.2 Å². The number of furan rings is 1. The maximum atomic E-state index is 12.6. The second-order valence-electron chi connectivity index (χ2n) is 8.26. The molecule has 0 bridgehead atoms. The smallest absolute Gasteiger partial charge is 0.300 e. The first kappa shape index (κ1) is 23.9. The van der Waals surface area contributed by atoms with Gasteiger partial charge in [-0.15, -0.1) is 0 Å². The van der Waals surface area contributed by atoms with E-state index in [0.717, 1.165) is 22.3 Å². The maximum Gasteiger partial charge on any atom is 0.300 e. The lowest BCUT2D eigenvalue weighted by Crippen LogP contribution is -2.41. The van der Waals surface area contributed by atoms with Crippen LogP contribution in [0, 0.1) is 6.92 Å². The van der Waals surface area contributed by atoms with E-state index in [1.54, 1.807) is 30.2 Å². The van der Waals surface area contributed by atoms with Crippen molar-refractivity contribution < 1.29 is 22.4 Å². The van der Waals surface area contributed by atoms with Crippen molar-refractivity contribution >= 4 is 39.0 Å². The molecule has 1 aliphatic rings. The summed E-state index contributed by atoms with van der Waals surface area (Å²) in [6.07, 6.45) is 5.85. The number of aryl methyl sites for hydroxylation is 1. The number of carbonyl (C=O) groups is 1. The summed E-state index contributed by atoms with van der Waals surface area (Å²) >= 11 is 0. The van der Waals surface area contributed by atoms with Crippen molar-refractivity contribution in [1.29, 1.82) is 0 Å². The van der Waals surface area contributed by atoms with Crippen LogP contribution in [0.3, 0.4) is 0 Å². The third-order valence-corrected chi connectivity index (χ3v) is 6.81. The fraction of sp³-hybridized carbons (Fsp3) is 0.333. The number of ether oxygens (including phenoxy) is 1. The van der Waals surface area contributed by atoms with Crippen molar-refractivity contribution in [2.75, 3.05) is 25.0 Å². The minimum atomic E-state index is -3.73. The molecule has 9 nitrogen and oxygen atoms in total. The van der Waals surface area contributed by atoms with Crippen LogP contribution in [-0.4, -0.2) is 50.5 Å². The van der Waals surface area contributed by atoms with E-state index in [1.165, 1.54) is 12.3 Å². The summed E-state index contributed by atoms with van der Waals surface area (Å²) in [4.78, 5) is 18.3. The Hall–Kier alpha value is -3.21. The average molecular weight is 485 g/mol. The van der Waals surface area contributed by atoms with E-state index >= 15 is 0 Å². The molecule has 1 aromatic carbocycles. The Balaban J connectivity index is 1.33. The molecule has 2 N–H and O–H groups in total. The van der Waals surface area contributed by atoms with Crippen molar-refractivity contribution in [1.82, 2.24) is 14.6 Å². The Morgan fingerprint density at radius 1 is 1.21 bits per heavy atom. The normalized spacial score (nSPS) is 15.1. The Kier molecular flexibility index (Phi) is 7.30. The van der Waals surface area contributed by atoms with Crippen molar-refractivity contribution in [2.24, 2.45) is 0 Å². The van der Waals surface area contributed by atoms with Gasteiger partial charge in [-0.3, -0.25) is 9.52 Å². The molecule has 1 amide bonds. The number of hydrogen-bond acceptors (Lipinski definition) is 6. The van der Waals surface area contributed by atoms with Gasteiger partial charge in [0.25, 0.3) is 0 Å². The molecule has 3 aromatic rings. The lowest BCUT2D eigenvalue weighted by molar-refractivity contribution is -0.125. The molecule has 10 heteroatoms. The molecule has 180 valence electrons.